The molecule has 0 fully saturated rings. The average molecular weight is 493 g/mol. The largest absolute Gasteiger partial charge is 0.296 e. The predicted molar refractivity (Wildman–Crippen MR) is 97.2 cm³/mol. The Labute approximate surface area is 151 Å². The fourth-order valence-corrected chi connectivity index (χ4v) is 4.79. The molecule has 0 amide bonds. The van der Waals surface area contributed by atoms with E-state index in [4.69, 9.17) is 4.98 Å². The molecule has 4 rings (SSSR count). The summed E-state index contributed by atoms with van der Waals surface area (Å²) < 4.78 is 0. The van der Waals surface area contributed by atoms with E-state index in [0.29, 0.717) is 0 Å². The maximum atomic E-state index is 4.87. The number of pyridine rings is 1. The van der Waals surface area contributed by atoms with Gasteiger partial charge in [-0.1, -0.05) is 49.1 Å². The van der Waals surface area contributed by atoms with Crippen LogP contribution in [0.2, 0.25) is 19.6 Å². The first-order valence-electron chi connectivity index (χ1n) is 7.67. The molecule has 2 aromatic carbocycles. The monoisotopic (exact) mass is 493 g/mol. The minimum Gasteiger partial charge on any atom is -0.296 e. The van der Waals surface area contributed by atoms with E-state index < -0.39 is 8.07 Å². The molecule has 23 heavy (non-hydrogen) atoms. The fourth-order valence-electron chi connectivity index (χ4n) is 3.19. The molecular formula is C20H18IrNSi-. The van der Waals surface area contributed by atoms with Crippen LogP contribution in [0, 0.1) is 6.07 Å². The molecule has 1 heterocycles. The molecule has 0 saturated carbocycles. The Morgan fingerprint density at radius 3 is 2.52 bits per heavy atom. The van der Waals surface area contributed by atoms with Crippen LogP contribution in [0.15, 0.2) is 48.5 Å². The third-order valence-electron chi connectivity index (χ3n) is 4.25. The van der Waals surface area contributed by atoms with Crippen molar-refractivity contribution in [2.75, 3.05) is 0 Å². The van der Waals surface area contributed by atoms with Gasteiger partial charge < -0.3 is 0 Å². The van der Waals surface area contributed by atoms with Crippen molar-refractivity contribution < 1.29 is 20.1 Å². The number of aromatic nitrogens is 1. The van der Waals surface area contributed by atoms with Crippen molar-refractivity contribution >= 4 is 30.2 Å². The third kappa shape index (κ3) is 2.74. The SMILES string of the molecule is C[Si](C)(C)C1=Cc2cccc3nc(-c4[c-]cccc4)cc1c23.[Ir]. The molecule has 3 heteroatoms. The summed E-state index contributed by atoms with van der Waals surface area (Å²) in [4.78, 5) is 4.87. The molecule has 0 saturated heterocycles. The normalized spacial score (nSPS) is 12.9. The maximum absolute atomic E-state index is 4.87. The standard InChI is InChI=1S/C20H18NSi.Ir/c1-22(2,3)19-12-15-10-7-11-17-20(15)16(19)13-18(21-17)14-8-5-4-6-9-14;/h4-8,10-13H,1-3H3;/q-1;. The Morgan fingerprint density at radius 2 is 1.83 bits per heavy atom. The molecule has 0 bridgehead atoms. The minimum absolute atomic E-state index is 0. The fraction of sp³-hybridized carbons (Fsp3) is 0.150. The summed E-state index contributed by atoms with van der Waals surface area (Å²) in [5, 5.41) is 2.85. The Balaban J connectivity index is 0.00000156. The van der Waals surface area contributed by atoms with Gasteiger partial charge in [0.2, 0.25) is 0 Å². The van der Waals surface area contributed by atoms with Crippen LogP contribution >= 0.6 is 0 Å². The molecule has 0 aliphatic heterocycles. The van der Waals surface area contributed by atoms with Crippen molar-refractivity contribution in [3.8, 4) is 11.3 Å². The number of rotatable bonds is 2. The van der Waals surface area contributed by atoms with Gasteiger partial charge in [0.15, 0.2) is 0 Å². The second-order valence-electron chi connectivity index (χ2n) is 6.88. The summed E-state index contributed by atoms with van der Waals surface area (Å²) in [5.74, 6) is 0. The first kappa shape index (κ1) is 16.3. The van der Waals surface area contributed by atoms with Crippen LogP contribution in [0.1, 0.15) is 11.1 Å². The van der Waals surface area contributed by atoms with Gasteiger partial charge >= 0.3 is 0 Å². The average Bonchev–Trinajstić information content (AvgIpc) is 2.89. The predicted octanol–water partition coefficient (Wildman–Crippen LogP) is 5.43. The Kier molecular flexibility index (Phi) is 4.13. The van der Waals surface area contributed by atoms with Gasteiger partial charge in [-0.2, -0.15) is 0 Å². The smallest absolute Gasteiger partial charge is 0.0784 e. The van der Waals surface area contributed by atoms with Crippen LogP contribution in [-0.4, -0.2) is 13.1 Å². The first-order valence-corrected chi connectivity index (χ1v) is 11.2. The molecule has 1 nitrogen and oxygen atoms in total. The van der Waals surface area contributed by atoms with Crippen LogP contribution in [0.5, 0.6) is 0 Å². The zero-order valence-electron chi connectivity index (χ0n) is 13.5. The van der Waals surface area contributed by atoms with Crippen molar-refractivity contribution in [3.63, 3.8) is 0 Å². The van der Waals surface area contributed by atoms with Gasteiger partial charge in [0.05, 0.1) is 13.6 Å². The van der Waals surface area contributed by atoms with Gasteiger partial charge in [-0.3, -0.25) is 4.98 Å². The van der Waals surface area contributed by atoms with E-state index in [2.05, 4.69) is 62.1 Å². The van der Waals surface area contributed by atoms with Crippen molar-refractivity contribution in [1.29, 1.82) is 0 Å². The number of hydrogen-bond acceptors (Lipinski definition) is 1. The van der Waals surface area contributed by atoms with E-state index >= 15 is 0 Å². The van der Waals surface area contributed by atoms with E-state index in [1.54, 1.807) is 0 Å². The zero-order valence-corrected chi connectivity index (χ0v) is 16.9. The van der Waals surface area contributed by atoms with Crippen LogP contribution < -0.4 is 0 Å². The molecule has 1 aromatic heterocycles. The van der Waals surface area contributed by atoms with Crippen molar-refractivity contribution in [2.45, 2.75) is 19.6 Å². The summed E-state index contributed by atoms with van der Waals surface area (Å²) in [6.07, 6.45) is 2.38. The van der Waals surface area contributed by atoms with Gasteiger partial charge in [-0.25, -0.2) is 0 Å². The summed E-state index contributed by atoms with van der Waals surface area (Å²) in [7, 11) is -1.40. The Bertz CT molecular complexity index is 908. The molecule has 0 unspecified atom stereocenters. The van der Waals surface area contributed by atoms with Crippen LogP contribution in [0.3, 0.4) is 0 Å². The van der Waals surface area contributed by atoms with Crippen molar-refractivity contribution in [3.05, 3.63) is 65.7 Å². The third-order valence-corrected chi connectivity index (χ3v) is 6.28. The van der Waals surface area contributed by atoms with Crippen LogP contribution in [-0.2, 0) is 20.1 Å². The Hall–Kier alpha value is -1.54. The Morgan fingerprint density at radius 1 is 1.00 bits per heavy atom. The van der Waals surface area contributed by atoms with Crippen molar-refractivity contribution in [1.82, 2.24) is 4.98 Å². The van der Waals surface area contributed by atoms with E-state index in [9.17, 15) is 0 Å². The molecule has 1 aliphatic carbocycles. The van der Waals surface area contributed by atoms with Gasteiger partial charge in [0.1, 0.15) is 0 Å². The van der Waals surface area contributed by atoms with Gasteiger partial charge in [0.25, 0.3) is 0 Å². The minimum atomic E-state index is -1.40. The molecule has 0 atom stereocenters. The number of hydrogen-bond donors (Lipinski definition) is 0. The second kappa shape index (κ2) is 5.83. The summed E-state index contributed by atoms with van der Waals surface area (Å²) >= 11 is 0. The van der Waals surface area contributed by atoms with E-state index in [1.165, 1.54) is 21.7 Å². The molecule has 1 radical (unpaired) electrons. The van der Waals surface area contributed by atoms with E-state index in [0.717, 1.165) is 16.8 Å². The van der Waals surface area contributed by atoms with E-state index in [1.807, 2.05) is 18.2 Å². The molecule has 3 aromatic rings. The molecule has 1 aliphatic rings. The maximum Gasteiger partial charge on any atom is 0.0784 e. The first-order chi connectivity index (χ1) is 10.5. The van der Waals surface area contributed by atoms with Gasteiger partial charge in [-0.15, -0.1) is 35.9 Å². The topological polar surface area (TPSA) is 12.9 Å². The van der Waals surface area contributed by atoms with Crippen LogP contribution in [0.4, 0.5) is 0 Å². The quantitative estimate of drug-likeness (QED) is 0.343. The van der Waals surface area contributed by atoms with Crippen LogP contribution in [0.25, 0.3) is 33.4 Å². The summed E-state index contributed by atoms with van der Waals surface area (Å²) in [5.41, 5.74) is 5.87. The van der Waals surface area contributed by atoms with Gasteiger partial charge in [0, 0.05) is 25.5 Å². The van der Waals surface area contributed by atoms with E-state index in [-0.39, 0.29) is 20.1 Å². The number of nitrogens with zero attached hydrogens (tertiary/aromatic N) is 1. The zero-order chi connectivity index (χ0) is 15.3. The molecule has 0 N–H and O–H groups in total. The summed E-state index contributed by atoms with van der Waals surface area (Å²) in [6.45, 7) is 7.22. The van der Waals surface area contributed by atoms with Gasteiger partial charge in [-0.05, 0) is 22.9 Å². The second-order valence-corrected chi connectivity index (χ2v) is 11.9. The summed E-state index contributed by atoms with van der Waals surface area (Å²) in [6, 6.07) is 20.1. The number of benzene rings is 2. The molecule has 0 spiro atoms. The molecule has 117 valence electrons. The van der Waals surface area contributed by atoms with Crippen molar-refractivity contribution in [2.24, 2.45) is 0 Å². The molecular weight excluding hydrogens is 475 g/mol.